The van der Waals surface area contributed by atoms with Gasteiger partial charge in [0.15, 0.2) is 0 Å². The Labute approximate surface area is 82.9 Å². The van der Waals surface area contributed by atoms with E-state index in [1.165, 1.54) is 0 Å². The Morgan fingerprint density at radius 3 is 2.29 bits per heavy atom. The maximum Gasteiger partial charge on any atom is 0.307 e. The van der Waals surface area contributed by atoms with Gasteiger partial charge in [0.05, 0.1) is 5.92 Å². The minimum atomic E-state index is -0.722. The number of rotatable bonds is 1. The summed E-state index contributed by atoms with van der Waals surface area (Å²) in [6.45, 7) is 1.50. The van der Waals surface area contributed by atoms with Gasteiger partial charge in [0.1, 0.15) is 5.78 Å². The summed E-state index contributed by atoms with van der Waals surface area (Å²) in [6, 6.07) is 0. The van der Waals surface area contributed by atoms with Crippen LogP contribution in [-0.4, -0.2) is 41.9 Å². The molecule has 1 aliphatic heterocycles. The standard InChI is InChI=1S/C10H15NO3/c1-11-4-6-2-8(12)3-7(5-11)9(6)10(13)14/h6-7,9H,2-5H2,1H3,(H,13,14). The maximum absolute atomic E-state index is 11.3. The van der Waals surface area contributed by atoms with Crippen molar-refractivity contribution < 1.29 is 14.7 Å². The molecule has 4 heteroatoms. The van der Waals surface area contributed by atoms with Crippen LogP contribution in [0.25, 0.3) is 0 Å². The first-order chi connectivity index (χ1) is 6.58. The topological polar surface area (TPSA) is 57.6 Å². The molecule has 1 saturated heterocycles. The van der Waals surface area contributed by atoms with E-state index in [1.54, 1.807) is 0 Å². The summed E-state index contributed by atoms with van der Waals surface area (Å²) in [5, 5.41) is 9.09. The van der Waals surface area contributed by atoms with Crippen molar-refractivity contribution in [2.45, 2.75) is 12.8 Å². The van der Waals surface area contributed by atoms with Crippen LogP contribution in [0.1, 0.15) is 12.8 Å². The van der Waals surface area contributed by atoms with E-state index < -0.39 is 5.97 Å². The molecule has 2 bridgehead atoms. The molecule has 1 saturated carbocycles. The van der Waals surface area contributed by atoms with Crippen LogP contribution in [0.5, 0.6) is 0 Å². The zero-order chi connectivity index (χ0) is 10.3. The van der Waals surface area contributed by atoms with E-state index in [9.17, 15) is 9.59 Å². The Hall–Kier alpha value is -0.900. The molecule has 0 aromatic carbocycles. The van der Waals surface area contributed by atoms with Crippen LogP contribution in [0.15, 0.2) is 0 Å². The molecule has 0 amide bonds. The van der Waals surface area contributed by atoms with E-state index in [0.717, 1.165) is 13.1 Å². The lowest BCUT2D eigenvalue weighted by molar-refractivity contribution is -0.152. The lowest BCUT2D eigenvalue weighted by atomic mass is 9.68. The van der Waals surface area contributed by atoms with Crippen molar-refractivity contribution >= 4 is 11.8 Å². The van der Waals surface area contributed by atoms with E-state index in [0.29, 0.717) is 12.8 Å². The minimum Gasteiger partial charge on any atom is -0.481 e. The smallest absolute Gasteiger partial charge is 0.307 e. The number of fused-ring (bicyclic) bond motifs is 2. The average molecular weight is 197 g/mol. The highest BCUT2D eigenvalue weighted by molar-refractivity contribution is 5.83. The van der Waals surface area contributed by atoms with Crippen molar-refractivity contribution in [3.63, 3.8) is 0 Å². The molecule has 2 fully saturated rings. The summed E-state index contributed by atoms with van der Waals surface area (Å²) in [5.74, 6) is -0.690. The lowest BCUT2D eigenvalue weighted by Crippen LogP contribution is -2.51. The fourth-order valence-corrected chi connectivity index (χ4v) is 2.94. The molecular formula is C10H15NO3. The van der Waals surface area contributed by atoms with Gasteiger partial charge in [-0.15, -0.1) is 0 Å². The van der Waals surface area contributed by atoms with Crippen molar-refractivity contribution in [3.8, 4) is 0 Å². The molecule has 2 aliphatic rings. The van der Waals surface area contributed by atoms with E-state index in [2.05, 4.69) is 4.90 Å². The molecule has 1 aliphatic carbocycles. The highest BCUT2D eigenvalue weighted by atomic mass is 16.4. The number of aliphatic carboxylic acids is 1. The van der Waals surface area contributed by atoms with Gasteiger partial charge in [0.2, 0.25) is 0 Å². The number of carbonyl (C=O) groups is 2. The Balaban J connectivity index is 2.21. The number of ketones is 1. The predicted octanol–water partition coefficient (Wildman–Crippen LogP) is 0.228. The fourth-order valence-electron chi connectivity index (χ4n) is 2.94. The Kier molecular flexibility index (Phi) is 2.31. The highest BCUT2D eigenvalue weighted by Gasteiger charge is 2.45. The summed E-state index contributed by atoms with van der Waals surface area (Å²) < 4.78 is 0. The van der Waals surface area contributed by atoms with Crippen molar-refractivity contribution in [1.29, 1.82) is 0 Å². The summed E-state index contributed by atoms with van der Waals surface area (Å²) in [5.41, 5.74) is 0. The van der Waals surface area contributed by atoms with Gasteiger partial charge in [-0.3, -0.25) is 9.59 Å². The van der Waals surface area contributed by atoms with Crippen molar-refractivity contribution in [3.05, 3.63) is 0 Å². The number of hydrogen-bond donors (Lipinski definition) is 1. The lowest BCUT2D eigenvalue weighted by Gasteiger charge is -2.43. The first kappa shape index (κ1) is 9.65. The van der Waals surface area contributed by atoms with Gasteiger partial charge in [-0.05, 0) is 18.9 Å². The molecular weight excluding hydrogens is 182 g/mol. The summed E-state index contributed by atoms with van der Waals surface area (Å²) in [7, 11) is 1.99. The first-order valence-corrected chi connectivity index (χ1v) is 5.01. The zero-order valence-corrected chi connectivity index (χ0v) is 8.27. The fraction of sp³-hybridized carbons (Fsp3) is 0.800. The minimum absolute atomic E-state index is 0.0394. The average Bonchev–Trinajstić information content (AvgIpc) is 1.99. The van der Waals surface area contributed by atoms with Crippen molar-refractivity contribution in [1.82, 2.24) is 4.90 Å². The van der Waals surface area contributed by atoms with Gasteiger partial charge in [0, 0.05) is 25.9 Å². The molecule has 78 valence electrons. The number of likely N-dealkylation sites (tertiary alicyclic amines) is 1. The number of piperidine rings is 1. The Morgan fingerprint density at radius 2 is 1.86 bits per heavy atom. The summed E-state index contributed by atoms with van der Waals surface area (Å²) in [4.78, 5) is 24.5. The summed E-state index contributed by atoms with van der Waals surface area (Å²) >= 11 is 0. The molecule has 14 heavy (non-hydrogen) atoms. The molecule has 0 aromatic rings. The molecule has 1 heterocycles. The Bertz CT molecular complexity index is 259. The highest BCUT2D eigenvalue weighted by Crippen LogP contribution is 2.37. The number of carbonyl (C=O) groups excluding carboxylic acids is 1. The van der Waals surface area contributed by atoms with E-state index >= 15 is 0 Å². The van der Waals surface area contributed by atoms with Crippen LogP contribution in [0.4, 0.5) is 0 Å². The second-order valence-electron chi connectivity index (χ2n) is 4.55. The van der Waals surface area contributed by atoms with Crippen LogP contribution in [0.3, 0.4) is 0 Å². The van der Waals surface area contributed by atoms with Crippen molar-refractivity contribution in [2.24, 2.45) is 17.8 Å². The SMILES string of the molecule is CN1CC2CC(=O)CC(C1)C2C(=O)O. The van der Waals surface area contributed by atoms with Crippen LogP contribution < -0.4 is 0 Å². The molecule has 4 nitrogen and oxygen atoms in total. The van der Waals surface area contributed by atoms with Gasteiger partial charge < -0.3 is 10.0 Å². The predicted molar refractivity (Wildman–Crippen MR) is 49.8 cm³/mol. The van der Waals surface area contributed by atoms with Crippen LogP contribution in [0, 0.1) is 17.8 Å². The largest absolute Gasteiger partial charge is 0.481 e. The third kappa shape index (κ3) is 1.54. The van der Waals surface area contributed by atoms with Gasteiger partial charge in [0.25, 0.3) is 0 Å². The third-order valence-electron chi connectivity index (χ3n) is 3.37. The number of carboxylic acids is 1. The Morgan fingerprint density at radius 1 is 1.36 bits per heavy atom. The number of nitrogens with zero attached hydrogens (tertiary/aromatic N) is 1. The van der Waals surface area contributed by atoms with Gasteiger partial charge >= 0.3 is 5.97 Å². The maximum atomic E-state index is 11.3. The van der Waals surface area contributed by atoms with Crippen LogP contribution in [-0.2, 0) is 9.59 Å². The van der Waals surface area contributed by atoms with E-state index in [1.807, 2.05) is 7.05 Å². The van der Waals surface area contributed by atoms with Crippen LogP contribution >= 0.6 is 0 Å². The van der Waals surface area contributed by atoms with Gasteiger partial charge in [-0.2, -0.15) is 0 Å². The first-order valence-electron chi connectivity index (χ1n) is 5.01. The molecule has 2 rings (SSSR count). The second-order valence-corrected chi connectivity index (χ2v) is 4.55. The number of carboxylic acid groups (broad SMARTS) is 1. The van der Waals surface area contributed by atoms with Gasteiger partial charge in [-0.1, -0.05) is 0 Å². The molecule has 0 aromatic heterocycles. The second kappa shape index (κ2) is 3.35. The monoisotopic (exact) mass is 197 g/mol. The van der Waals surface area contributed by atoms with E-state index in [-0.39, 0.29) is 23.5 Å². The normalized spacial score (nSPS) is 38.4. The van der Waals surface area contributed by atoms with Crippen LogP contribution in [0.2, 0.25) is 0 Å². The third-order valence-corrected chi connectivity index (χ3v) is 3.37. The molecule has 0 radical (unpaired) electrons. The van der Waals surface area contributed by atoms with Gasteiger partial charge in [-0.25, -0.2) is 0 Å². The van der Waals surface area contributed by atoms with Crippen molar-refractivity contribution in [2.75, 3.05) is 20.1 Å². The number of Topliss-reactive ketones (excluding diaryl/α,β-unsaturated/α-hetero) is 1. The molecule has 2 atom stereocenters. The van der Waals surface area contributed by atoms with E-state index in [4.69, 9.17) is 5.11 Å². The number of hydrogen-bond acceptors (Lipinski definition) is 3. The quantitative estimate of drug-likeness (QED) is 0.653. The molecule has 0 spiro atoms. The molecule has 1 N–H and O–H groups in total. The zero-order valence-electron chi connectivity index (χ0n) is 8.27. The molecule has 2 unspecified atom stereocenters. The summed E-state index contributed by atoms with van der Waals surface area (Å²) in [6.07, 6.45) is 0.912.